The van der Waals surface area contributed by atoms with Gasteiger partial charge in [-0.25, -0.2) is 4.98 Å². The lowest BCUT2D eigenvalue weighted by Crippen LogP contribution is -2.05. The number of hydrogen-bond donors (Lipinski definition) is 1. The third-order valence-electron chi connectivity index (χ3n) is 2.04. The molecule has 2 aromatic rings. The smallest absolute Gasteiger partial charge is 0.249 e. The van der Waals surface area contributed by atoms with Gasteiger partial charge in [-0.2, -0.15) is 0 Å². The molecular formula is C10H10N2O. The van der Waals surface area contributed by atoms with Gasteiger partial charge >= 0.3 is 0 Å². The van der Waals surface area contributed by atoms with Gasteiger partial charge < -0.3 is 4.98 Å². The van der Waals surface area contributed by atoms with Gasteiger partial charge in [0.05, 0.1) is 0 Å². The Labute approximate surface area is 75.4 Å². The minimum Gasteiger partial charge on any atom is -0.307 e. The monoisotopic (exact) mass is 174 g/mol. The summed E-state index contributed by atoms with van der Waals surface area (Å²) in [6.07, 6.45) is 1.75. The first-order valence-corrected chi connectivity index (χ1v) is 4.13. The van der Waals surface area contributed by atoms with Gasteiger partial charge in [0, 0.05) is 17.6 Å². The lowest BCUT2D eigenvalue weighted by molar-refractivity contribution is 1.20. The number of H-pyrrole nitrogens is 1. The highest BCUT2D eigenvalue weighted by Crippen LogP contribution is 2.12. The number of aromatic amines is 1. The van der Waals surface area contributed by atoms with E-state index in [1.807, 2.05) is 19.9 Å². The maximum atomic E-state index is 11.1. The first kappa shape index (κ1) is 7.98. The van der Waals surface area contributed by atoms with Crippen molar-refractivity contribution in [3.63, 3.8) is 0 Å². The molecular weight excluding hydrogens is 164 g/mol. The molecule has 2 heterocycles. The van der Waals surface area contributed by atoms with Crippen LogP contribution in [0.4, 0.5) is 0 Å². The van der Waals surface area contributed by atoms with Gasteiger partial charge in [0.1, 0.15) is 5.65 Å². The molecule has 0 saturated heterocycles. The molecule has 0 aliphatic carbocycles. The van der Waals surface area contributed by atoms with Crippen molar-refractivity contribution >= 4 is 11.0 Å². The van der Waals surface area contributed by atoms with E-state index in [1.54, 1.807) is 12.3 Å². The summed E-state index contributed by atoms with van der Waals surface area (Å²) in [6, 6.07) is 3.61. The average molecular weight is 174 g/mol. The minimum absolute atomic E-state index is 0.0960. The van der Waals surface area contributed by atoms with Crippen LogP contribution in [0.25, 0.3) is 11.0 Å². The summed E-state index contributed by atoms with van der Waals surface area (Å²) in [5.74, 6) is 0. The number of pyridine rings is 2. The van der Waals surface area contributed by atoms with Gasteiger partial charge in [-0.05, 0) is 31.0 Å². The zero-order chi connectivity index (χ0) is 9.42. The molecule has 0 fully saturated rings. The van der Waals surface area contributed by atoms with E-state index in [0.717, 1.165) is 16.5 Å². The predicted octanol–water partition coefficient (Wildman–Crippen LogP) is 1.54. The Kier molecular flexibility index (Phi) is 1.65. The molecule has 3 nitrogen and oxygen atoms in total. The maximum Gasteiger partial charge on any atom is 0.249 e. The highest BCUT2D eigenvalue weighted by atomic mass is 16.1. The molecule has 13 heavy (non-hydrogen) atoms. The Morgan fingerprint density at radius 1 is 1.31 bits per heavy atom. The van der Waals surface area contributed by atoms with E-state index in [1.165, 1.54) is 0 Å². The molecule has 1 N–H and O–H groups in total. The summed E-state index contributed by atoms with van der Waals surface area (Å²) >= 11 is 0. The molecule has 0 radical (unpaired) electrons. The third kappa shape index (κ3) is 1.33. The van der Waals surface area contributed by atoms with Crippen LogP contribution in [0.3, 0.4) is 0 Å². The molecule has 0 aliphatic heterocycles. The van der Waals surface area contributed by atoms with Crippen molar-refractivity contribution in [2.75, 3.05) is 0 Å². The topological polar surface area (TPSA) is 45.8 Å². The molecule has 0 saturated carbocycles. The van der Waals surface area contributed by atoms with Gasteiger partial charge in [-0.3, -0.25) is 4.79 Å². The second-order valence-corrected chi connectivity index (χ2v) is 3.23. The summed E-state index contributed by atoms with van der Waals surface area (Å²) in [5.41, 5.74) is 2.63. The Hall–Kier alpha value is -1.64. The molecule has 0 aromatic carbocycles. The number of aromatic nitrogens is 2. The zero-order valence-electron chi connectivity index (χ0n) is 7.59. The standard InChI is InChI=1S/C10H10N2O/c1-6-3-8-7(2)4-9(13)12-10(8)11-5-6/h3-5H,1-2H3,(H,11,12,13). The summed E-state index contributed by atoms with van der Waals surface area (Å²) in [7, 11) is 0. The number of aryl methyl sites for hydroxylation is 2. The molecule has 2 rings (SSSR count). The van der Waals surface area contributed by atoms with Crippen LogP contribution in [0.1, 0.15) is 11.1 Å². The van der Waals surface area contributed by atoms with E-state index >= 15 is 0 Å². The molecule has 0 bridgehead atoms. The Bertz CT molecular complexity index is 514. The number of nitrogens with one attached hydrogen (secondary N) is 1. The van der Waals surface area contributed by atoms with E-state index in [-0.39, 0.29) is 5.56 Å². The van der Waals surface area contributed by atoms with Crippen molar-refractivity contribution in [3.05, 3.63) is 39.8 Å². The fourth-order valence-corrected chi connectivity index (χ4v) is 1.40. The van der Waals surface area contributed by atoms with Crippen LogP contribution in [0.15, 0.2) is 23.1 Å². The van der Waals surface area contributed by atoms with E-state index in [4.69, 9.17) is 0 Å². The fourth-order valence-electron chi connectivity index (χ4n) is 1.40. The second-order valence-electron chi connectivity index (χ2n) is 3.23. The van der Waals surface area contributed by atoms with Crippen molar-refractivity contribution in [1.29, 1.82) is 0 Å². The van der Waals surface area contributed by atoms with Crippen molar-refractivity contribution in [2.24, 2.45) is 0 Å². The lowest BCUT2D eigenvalue weighted by Gasteiger charge is -2.00. The summed E-state index contributed by atoms with van der Waals surface area (Å²) in [4.78, 5) is 17.9. The van der Waals surface area contributed by atoms with Gasteiger partial charge in [-0.15, -0.1) is 0 Å². The van der Waals surface area contributed by atoms with E-state index in [0.29, 0.717) is 5.65 Å². The van der Waals surface area contributed by atoms with E-state index in [2.05, 4.69) is 9.97 Å². The van der Waals surface area contributed by atoms with Crippen molar-refractivity contribution in [3.8, 4) is 0 Å². The minimum atomic E-state index is -0.0960. The number of nitrogens with zero attached hydrogens (tertiary/aromatic N) is 1. The number of hydrogen-bond acceptors (Lipinski definition) is 2. The van der Waals surface area contributed by atoms with Crippen molar-refractivity contribution in [2.45, 2.75) is 13.8 Å². The summed E-state index contributed by atoms with van der Waals surface area (Å²) < 4.78 is 0. The normalized spacial score (nSPS) is 10.6. The fraction of sp³-hybridized carbons (Fsp3) is 0.200. The summed E-state index contributed by atoms with van der Waals surface area (Å²) in [5, 5.41) is 1.01. The van der Waals surface area contributed by atoms with Crippen LogP contribution < -0.4 is 5.56 Å². The van der Waals surface area contributed by atoms with Crippen LogP contribution in [0.5, 0.6) is 0 Å². The SMILES string of the molecule is Cc1cnc2[nH]c(=O)cc(C)c2c1. The molecule has 66 valence electrons. The Morgan fingerprint density at radius 2 is 2.08 bits per heavy atom. The van der Waals surface area contributed by atoms with E-state index in [9.17, 15) is 4.79 Å². The van der Waals surface area contributed by atoms with Crippen molar-refractivity contribution < 1.29 is 0 Å². The van der Waals surface area contributed by atoms with Crippen molar-refractivity contribution in [1.82, 2.24) is 9.97 Å². The zero-order valence-corrected chi connectivity index (χ0v) is 7.59. The molecule has 3 heteroatoms. The van der Waals surface area contributed by atoms with Crippen LogP contribution in [0.2, 0.25) is 0 Å². The quantitative estimate of drug-likeness (QED) is 0.658. The molecule has 0 aliphatic rings. The van der Waals surface area contributed by atoms with Crippen LogP contribution in [-0.4, -0.2) is 9.97 Å². The van der Waals surface area contributed by atoms with Gasteiger partial charge in [0.15, 0.2) is 0 Å². The van der Waals surface area contributed by atoms with Gasteiger partial charge in [-0.1, -0.05) is 0 Å². The van der Waals surface area contributed by atoms with E-state index < -0.39 is 0 Å². The molecule has 0 amide bonds. The first-order valence-electron chi connectivity index (χ1n) is 4.13. The average Bonchev–Trinajstić information content (AvgIpc) is 2.06. The number of fused-ring (bicyclic) bond motifs is 1. The molecule has 2 aromatic heterocycles. The molecule has 0 atom stereocenters. The maximum absolute atomic E-state index is 11.1. The number of rotatable bonds is 0. The highest BCUT2D eigenvalue weighted by Gasteiger charge is 1.99. The summed E-state index contributed by atoms with van der Waals surface area (Å²) in [6.45, 7) is 3.90. The lowest BCUT2D eigenvalue weighted by atomic mass is 10.1. The van der Waals surface area contributed by atoms with Gasteiger partial charge in [0.25, 0.3) is 0 Å². The first-order chi connectivity index (χ1) is 6.16. The Morgan fingerprint density at radius 3 is 2.85 bits per heavy atom. The molecule has 0 unspecified atom stereocenters. The largest absolute Gasteiger partial charge is 0.307 e. The molecule has 0 spiro atoms. The van der Waals surface area contributed by atoms with Crippen LogP contribution >= 0.6 is 0 Å². The highest BCUT2D eigenvalue weighted by molar-refractivity contribution is 5.78. The van der Waals surface area contributed by atoms with Crippen LogP contribution in [0, 0.1) is 13.8 Å². The second kappa shape index (κ2) is 2.69. The third-order valence-corrected chi connectivity index (χ3v) is 2.04. The van der Waals surface area contributed by atoms with Crippen LogP contribution in [-0.2, 0) is 0 Å². The Balaban J connectivity index is 2.95. The predicted molar refractivity (Wildman–Crippen MR) is 51.8 cm³/mol. The van der Waals surface area contributed by atoms with Gasteiger partial charge in [0.2, 0.25) is 5.56 Å².